The van der Waals surface area contributed by atoms with Crippen LogP contribution in [0, 0.1) is 13.8 Å². The van der Waals surface area contributed by atoms with E-state index in [0.29, 0.717) is 18.1 Å². The minimum Gasteiger partial charge on any atom is -0.493 e. The maximum Gasteiger partial charge on any atom is 0.161 e. The fourth-order valence-electron chi connectivity index (χ4n) is 2.00. The molecular formula is C15H20N2O4. The van der Waals surface area contributed by atoms with Crippen molar-refractivity contribution in [3.05, 3.63) is 40.8 Å². The average Bonchev–Trinajstić information content (AvgIpc) is 2.83. The highest BCUT2D eigenvalue weighted by molar-refractivity contribution is 5.44. The highest BCUT2D eigenvalue weighted by atomic mass is 16.5. The molecule has 0 unspecified atom stereocenters. The third kappa shape index (κ3) is 3.34. The first-order valence-corrected chi connectivity index (χ1v) is 6.65. The van der Waals surface area contributed by atoms with Gasteiger partial charge in [0, 0.05) is 0 Å². The van der Waals surface area contributed by atoms with Gasteiger partial charge in [0.2, 0.25) is 0 Å². The Hall–Kier alpha value is -2.05. The van der Waals surface area contributed by atoms with Gasteiger partial charge in [0.1, 0.15) is 12.4 Å². The van der Waals surface area contributed by atoms with E-state index >= 15 is 0 Å². The lowest BCUT2D eigenvalue weighted by molar-refractivity contribution is 0.266. The van der Waals surface area contributed by atoms with Crippen molar-refractivity contribution in [3.63, 3.8) is 0 Å². The summed E-state index contributed by atoms with van der Waals surface area (Å²) >= 11 is 0. The summed E-state index contributed by atoms with van der Waals surface area (Å²) in [5, 5.41) is 13.0. The molecule has 1 atom stereocenters. The summed E-state index contributed by atoms with van der Waals surface area (Å²) in [5.41, 5.74) is 8.32. The first-order valence-electron chi connectivity index (χ1n) is 6.65. The lowest BCUT2D eigenvalue weighted by Crippen LogP contribution is -2.14. The molecule has 0 saturated carbocycles. The summed E-state index contributed by atoms with van der Waals surface area (Å²) in [7, 11) is 1.56. The highest BCUT2D eigenvalue weighted by Gasteiger charge is 2.13. The van der Waals surface area contributed by atoms with Crippen LogP contribution in [-0.2, 0) is 6.61 Å². The molecule has 1 aromatic carbocycles. The normalized spacial score (nSPS) is 12.2. The molecule has 6 nitrogen and oxygen atoms in total. The molecule has 2 rings (SSSR count). The van der Waals surface area contributed by atoms with Crippen molar-refractivity contribution in [2.45, 2.75) is 26.5 Å². The quantitative estimate of drug-likeness (QED) is 0.844. The number of aryl methyl sites for hydroxylation is 2. The maximum absolute atomic E-state index is 9.10. The fraction of sp³-hybridized carbons (Fsp3) is 0.400. The third-order valence-corrected chi connectivity index (χ3v) is 3.37. The number of methoxy groups -OCH3 is 1. The number of aliphatic hydroxyl groups excluding tert-OH is 1. The van der Waals surface area contributed by atoms with Gasteiger partial charge in [-0.25, -0.2) is 0 Å². The molecule has 0 fully saturated rings. The standard InChI is InChI=1S/C15H20N2O4/c1-9-12(10(2)21-17-9)8-20-14-5-4-11(13(16)7-18)6-15(14)19-3/h4-6,13,18H,7-8,16H2,1-3H3/t13-/m0/s1. The molecule has 0 aliphatic heterocycles. The van der Waals surface area contributed by atoms with Gasteiger partial charge in [0.05, 0.1) is 31.0 Å². The van der Waals surface area contributed by atoms with Crippen LogP contribution in [0.2, 0.25) is 0 Å². The Morgan fingerprint density at radius 1 is 1.33 bits per heavy atom. The minimum atomic E-state index is -0.435. The predicted octanol–water partition coefficient (Wildman–Crippen LogP) is 1.87. The smallest absolute Gasteiger partial charge is 0.161 e. The van der Waals surface area contributed by atoms with E-state index < -0.39 is 6.04 Å². The number of ether oxygens (including phenoxy) is 2. The monoisotopic (exact) mass is 292 g/mol. The molecular weight excluding hydrogens is 272 g/mol. The molecule has 6 heteroatoms. The first-order chi connectivity index (χ1) is 10.1. The van der Waals surface area contributed by atoms with Crippen molar-refractivity contribution in [1.82, 2.24) is 5.16 Å². The van der Waals surface area contributed by atoms with Crippen LogP contribution in [0.25, 0.3) is 0 Å². The summed E-state index contributed by atoms with van der Waals surface area (Å²) in [6.45, 7) is 3.94. The van der Waals surface area contributed by atoms with E-state index in [4.69, 9.17) is 24.8 Å². The van der Waals surface area contributed by atoms with Crippen molar-refractivity contribution < 1.29 is 19.1 Å². The number of aromatic nitrogens is 1. The van der Waals surface area contributed by atoms with Gasteiger partial charge in [0.15, 0.2) is 11.5 Å². The number of nitrogens with zero attached hydrogens (tertiary/aromatic N) is 1. The van der Waals surface area contributed by atoms with E-state index in [2.05, 4.69) is 5.16 Å². The molecule has 0 saturated heterocycles. The van der Waals surface area contributed by atoms with Crippen LogP contribution in [-0.4, -0.2) is 24.0 Å². The molecule has 0 radical (unpaired) electrons. The number of nitrogens with two attached hydrogens (primary N) is 1. The molecule has 2 aromatic rings. The zero-order chi connectivity index (χ0) is 15.4. The number of rotatable bonds is 6. The molecule has 0 aliphatic rings. The van der Waals surface area contributed by atoms with Gasteiger partial charge in [-0.1, -0.05) is 11.2 Å². The SMILES string of the molecule is COc1cc([C@@H](N)CO)ccc1OCc1c(C)noc1C. The number of hydrogen-bond donors (Lipinski definition) is 2. The Morgan fingerprint density at radius 3 is 2.67 bits per heavy atom. The van der Waals surface area contributed by atoms with E-state index in [-0.39, 0.29) is 6.61 Å². The van der Waals surface area contributed by atoms with Gasteiger partial charge in [0.25, 0.3) is 0 Å². The molecule has 0 aliphatic carbocycles. The van der Waals surface area contributed by atoms with Crippen molar-refractivity contribution >= 4 is 0 Å². The van der Waals surface area contributed by atoms with Crippen molar-refractivity contribution in [2.75, 3.05) is 13.7 Å². The second-order valence-corrected chi connectivity index (χ2v) is 4.79. The Labute approximate surface area is 123 Å². The second kappa shape index (κ2) is 6.60. The lowest BCUT2D eigenvalue weighted by atomic mass is 10.1. The van der Waals surface area contributed by atoms with Gasteiger partial charge in [-0.2, -0.15) is 0 Å². The fourth-order valence-corrected chi connectivity index (χ4v) is 2.00. The lowest BCUT2D eigenvalue weighted by Gasteiger charge is -2.14. The average molecular weight is 292 g/mol. The van der Waals surface area contributed by atoms with Crippen molar-refractivity contribution in [3.8, 4) is 11.5 Å². The van der Waals surface area contributed by atoms with Crippen LogP contribution in [0.15, 0.2) is 22.7 Å². The Kier molecular flexibility index (Phi) is 4.82. The molecule has 0 bridgehead atoms. The molecule has 114 valence electrons. The first kappa shape index (κ1) is 15.3. The highest BCUT2D eigenvalue weighted by Crippen LogP contribution is 2.31. The topological polar surface area (TPSA) is 90.7 Å². The largest absolute Gasteiger partial charge is 0.493 e. The summed E-state index contributed by atoms with van der Waals surface area (Å²) in [6.07, 6.45) is 0. The van der Waals surface area contributed by atoms with E-state index in [0.717, 1.165) is 22.6 Å². The molecule has 3 N–H and O–H groups in total. The summed E-state index contributed by atoms with van der Waals surface area (Å²) in [6, 6.07) is 4.92. The van der Waals surface area contributed by atoms with Gasteiger partial charge in [-0.15, -0.1) is 0 Å². The van der Waals surface area contributed by atoms with Crippen LogP contribution in [0.5, 0.6) is 11.5 Å². The van der Waals surface area contributed by atoms with Crippen LogP contribution in [0.3, 0.4) is 0 Å². The molecule has 1 heterocycles. The van der Waals surface area contributed by atoms with Gasteiger partial charge in [-0.3, -0.25) is 0 Å². The van der Waals surface area contributed by atoms with E-state index in [1.165, 1.54) is 0 Å². The zero-order valence-electron chi connectivity index (χ0n) is 12.4. The molecule has 21 heavy (non-hydrogen) atoms. The Morgan fingerprint density at radius 2 is 2.10 bits per heavy atom. The maximum atomic E-state index is 9.10. The van der Waals surface area contributed by atoms with Crippen molar-refractivity contribution in [2.24, 2.45) is 5.73 Å². The molecule has 0 amide bonds. The summed E-state index contributed by atoms with van der Waals surface area (Å²) < 4.78 is 16.2. The van der Waals surface area contributed by atoms with E-state index in [1.807, 2.05) is 19.9 Å². The van der Waals surface area contributed by atoms with Gasteiger partial charge < -0.3 is 24.8 Å². The van der Waals surface area contributed by atoms with E-state index in [1.54, 1.807) is 19.2 Å². The summed E-state index contributed by atoms with van der Waals surface area (Å²) in [5.74, 6) is 1.92. The molecule has 0 spiro atoms. The van der Waals surface area contributed by atoms with E-state index in [9.17, 15) is 0 Å². The number of hydrogen-bond acceptors (Lipinski definition) is 6. The molecule has 1 aromatic heterocycles. The zero-order valence-corrected chi connectivity index (χ0v) is 12.4. The number of benzene rings is 1. The summed E-state index contributed by atoms with van der Waals surface area (Å²) in [4.78, 5) is 0. The van der Waals surface area contributed by atoms with Crippen molar-refractivity contribution in [1.29, 1.82) is 0 Å². The minimum absolute atomic E-state index is 0.123. The number of aliphatic hydroxyl groups is 1. The Balaban J connectivity index is 2.16. The van der Waals surface area contributed by atoms with Gasteiger partial charge in [-0.05, 0) is 31.5 Å². The van der Waals surface area contributed by atoms with Crippen LogP contribution in [0.4, 0.5) is 0 Å². The Bertz CT molecular complexity index is 590. The van der Waals surface area contributed by atoms with Crippen LogP contribution in [0.1, 0.15) is 28.6 Å². The predicted molar refractivity (Wildman–Crippen MR) is 77.3 cm³/mol. The van der Waals surface area contributed by atoms with Crippen LogP contribution >= 0.6 is 0 Å². The second-order valence-electron chi connectivity index (χ2n) is 4.79. The third-order valence-electron chi connectivity index (χ3n) is 3.37. The van der Waals surface area contributed by atoms with Gasteiger partial charge >= 0.3 is 0 Å². The van der Waals surface area contributed by atoms with Crippen LogP contribution < -0.4 is 15.2 Å².